The lowest BCUT2D eigenvalue weighted by molar-refractivity contribution is 0.130. The Morgan fingerprint density at radius 1 is 1.32 bits per heavy atom. The molecule has 5 nitrogen and oxygen atoms in total. The molecule has 2 aliphatic rings. The summed E-state index contributed by atoms with van der Waals surface area (Å²) in [7, 11) is 0. The largest absolute Gasteiger partial charge is 0.385 e. The number of fused-ring (bicyclic) bond motifs is 1. The number of aryl methyl sites for hydroxylation is 1. The lowest BCUT2D eigenvalue weighted by Crippen LogP contribution is -2.28. The third-order valence-corrected chi connectivity index (χ3v) is 4.41. The molecule has 3 heterocycles. The summed E-state index contributed by atoms with van der Waals surface area (Å²) in [6.45, 7) is 7.77. The van der Waals surface area contributed by atoms with Crippen LogP contribution < -0.4 is 0 Å². The van der Waals surface area contributed by atoms with Crippen LogP contribution in [0.15, 0.2) is 0 Å². The Kier molecular flexibility index (Phi) is 3.58. The summed E-state index contributed by atoms with van der Waals surface area (Å²) >= 11 is 0. The Labute approximate surface area is 114 Å². The van der Waals surface area contributed by atoms with Crippen molar-refractivity contribution in [1.82, 2.24) is 19.7 Å². The first-order valence-corrected chi connectivity index (χ1v) is 7.49. The van der Waals surface area contributed by atoms with Crippen LogP contribution in [0.2, 0.25) is 0 Å². The summed E-state index contributed by atoms with van der Waals surface area (Å²) < 4.78 is 1.90. The molecule has 0 saturated carbocycles. The summed E-state index contributed by atoms with van der Waals surface area (Å²) in [6, 6.07) is 0.634. The number of rotatable bonds is 3. The van der Waals surface area contributed by atoms with Crippen LogP contribution in [-0.2, 0) is 13.0 Å². The van der Waals surface area contributed by atoms with Gasteiger partial charge in [-0.05, 0) is 45.6 Å². The van der Waals surface area contributed by atoms with E-state index in [2.05, 4.69) is 28.8 Å². The molecule has 106 valence electrons. The zero-order valence-corrected chi connectivity index (χ0v) is 11.9. The van der Waals surface area contributed by atoms with E-state index in [-0.39, 0.29) is 0 Å². The van der Waals surface area contributed by atoms with E-state index < -0.39 is 6.10 Å². The van der Waals surface area contributed by atoms with Crippen LogP contribution in [0.5, 0.6) is 0 Å². The number of aromatic nitrogens is 3. The van der Waals surface area contributed by atoms with Crippen LogP contribution in [0.1, 0.15) is 50.9 Å². The fourth-order valence-electron chi connectivity index (χ4n) is 3.22. The Hall–Kier alpha value is -0.940. The molecule has 1 aromatic rings. The number of aliphatic hydroxyl groups excluding tert-OH is 1. The molecule has 1 aromatic heterocycles. The van der Waals surface area contributed by atoms with Crippen LogP contribution in [0.4, 0.5) is 0 Å². The first kappa shape index (κ1) is 13.1. The molecule has 0 bridgehead atoms. The number of aliphatic hydroxyl groups is 1. The van der Waals surface area contributed by atoms with Crippen LogP contribution >= 0.6 is 0 Å². The topological polar surface area (TPSA) is 54.2 Å². The minimum Gasteiger partial charge on any atom is -0.385 e. The molecule has 1 N–H and O–H groups in total. The smallest absolute Gasteiger partial charge is 0.156 e. The maximum absolute atomic E-state index is 9.92. The van der Waals surface area contributed by atoms with Crippen molar-refractivity contribution in [3.8, 4) is 0 Å². The van der Waals surface area contributed by atoms with E-state index in [0.29, 0.717) is 12.0 Å². The van der Waals surface area contributed by atoms with E-state index in [9.17, 15) is 5.11 Å². The van der Waals surface area contributed by atoms with Gasteiger partial charge in [-0.15, -0.1) is 0 Å². The normalized spacial score (nSPS) is 28.0. The second-order valence-corrected chi connectivity index (χ2v) is 6.21. The summed E-state index contributed by atoms with van der Waals surface area (Å²) in [4.78, 5) is 7.07. The van der Waals surface area contributed by atoms with Gasteiger partial charge in [-0.3, -0.25) is 0 Å². The lowest BCUT2D eigenvalue weighted by atomic mass is 10.0. The van der Waals surface area contributed by atoms with Gasteiger partial charge in [0.15, 0.2) is 11.6 Å². The van der Waals surface area contributed by atoms with E-state index in [1.54, 1.807) is 0 Å². The lowest BCUT2D eigenvalue weighted by Gasteiger charge is -2.19. The fraction of sp³-hybridized carbons (Fsp3) is 0.857. The monoisotopic (exact) mass is 264 g/mol. The van der Waals surface area contributed by atoms with Crippen molar-refractivity contribution in [2.75, 3.05) is 13.1 Å². The van der Waals surface area contributed by atoms with Crippen molar-refractivity contribution >= 4 is 0 Å². The minimum atomic E-state index is -0.411. The zero-order valence-electron chi connectivity index (χ0n) is 11.9. The first-order valence-electron chi connectivity index (χ1n) is 7.49. The van der Waals surface area contributed by atoms with Crippen LogP contribution in [0.25, 0.3) is 0 Å². The van der Waals surface area contributed by atoms with Gasteiger partial charge in [0, 0.05) is 25.6 Å². The zero-order chi connectivity index (χ0) is 13.4. The van der Waals surface area contributed by atoms with E-state index in [4.69, 9.17) is 0 Å². The van der Waals surface area contributed by atoms with E-state index in [1.165, 1.54) is 13.0 Å². The van der Waals surface area contributed by atoms with Crippen LogP contribution in [-0.4, -0.2) is 43.9 Å². The average molecular weight is 264 g/mol. The number of hydrogen-bond donors (Lipinski definition) is 1. The van der Waals surface area contributed by atoms with Crippen molar-refractivity contribution in [1.29, 1.82) is 0 Å². The highest BCUT2D eigenvalue weighted by molar-refractivity contribution is 5.00. The predicted octanol–water partition coefficient (Wildman–Crippen LogP) is 1.38. The predicted molar refractivity (Wildman–Crippen MR) is 72.7 cm³/mol. The van der Waals surface area contributed by atoms with Gasteiger partial charge in [-0.25, -0.2) is 9.67 Å². The van der Waals surface area contributed by atoms with Crippen LogP contribution in [0.3, 0.4) is 0 Å². The second-order valence-electron chi connectivity index (χ2n) is 6.21. The Balaban J connectivity index is 1.65. The molecule has 0 aliphatic carbocycles. The molecule has 1 fully saturated rings. The molecule has 2 unspecified atom stereocenters. The molecule has 3 rings (SSSR count). The fourth-order valence-corrected chi connectivity index (χ4v) is 3.22. The highest BCUT2D eigenvalue weighted by Crippen LogP contribution is 2.25. The van der Waals surface area contributed by atoms with Crippen molar-refractivity contribution in [2.24, 2.45) is 5.92 Å². The summed E-state index contributed by atoms with van der Waals surface area (Å²) in [5, 5.41) is 14.5. The molecule has 0 spiro atoms. The molecule has 2 aliphatic heterocycles. The highest BCUT2D eigenvalue weighted by atomic mass is 16.3. The van der Waals surface area contributed by atoms with Crippen molar-refractivity contribution in [3.05, 3.63) is 11.6 Å². The molecule has 1 saturated heterocycles. The maximum atomic E-state index is 9.92. The SMILES string of the molecule is CC(C)N1CCC(Cc2nc3n(n2)CCCC3O)C1. The van der Waals surface area contributed by atoms with Crippen LogP contribution in [0, 0.1) is 5.92 Å². The summed E-state index contributed by atoms with van der Waals surface area (Å²) in [5.74, 6) is 2.37. The maximum Gasteiger partial charge on any atom is 0.156 e. The van der Waals surface area contributed by atoms with Gasteiger partial charge >= 0.3 is 0 Å². The quantitative estimate of drug-likeness (QED) is 0.896. The average Bonchev–Trinajstić information content (AvgIpc) is 2.96. The Morgan fingerprint density at radius 3 is 2.84 bits per heavy atom. The summed E-state index contributed by atoms with van der Waals surface area (Å²) in [6.07, 6.45) is 3.61. The molecule has 0 amide bonds. The molecule has 0 aromatic carbocycles. The number of hydrogen-bond acceptors (Lipinski definition) is 4. The standard InChI is InChI=1S/C14H24N4O/c1-10(2)17-7-5-11(9-17)8-13-15-14-12(19)4-3-6-18(14)16-13/h10-12,19H,3-9H2,1-2H3. The highest BCUT2D eigenvalue weighted by Gasteiger charge is 2.27. The van der Waals surface area contributed by atoms with E-state index >= 15 is 0 Å². The van der Waals surface area contributed by atoms with Gasteiger partial charge in [-0.2, -0.15) is 5.10 Å². The van der Waals surface area contributed by atoms with Gasteiger partial charge < -0.3 is 10.0 Å². The molecular formula is C14H24N4O. The molecule has 0 radical (unpaired) electrons. The number of nitrogens with zero attached hydrogens (tertiary/aromatic N) is 4. The van der Waals surface area contributed by atoms with Crippen molar-refractivity contribution < 1.29 is 5.11 Å². The molecule has 5 heteroatoms. The molecule has 2 atom stereocenters. The Bertz CT molecular complexity index is 443. The van der Waals surface area contributed by atoms with Gasteiger partial charge in [0.2, 0.25) is 0 Å². The second kappa shape index (κ2) is 5.21. The van der Waals surface area contributed by atoms with Gasteiger partial charge in [0.1, 0.15) is 6.10 Å². The van der Waals surface area contributed by atoms with Gasteiger partial charge in [0.05, 0.1) is 0 Å². The van der Waals surface area contributed by atoms with Gasteiger partial charge in [0.25, 0.3) is 0 Å². The molecular weight excluding hydrogens is 240 g/mol. The van der Waals surface area contributed by atoms with Gasteiger partial charge in [-0.1, -0.05) is 0 Å². The minimum absolute atomic E-state index is 0.411. The van der Waals surface area contributed by atoms with Crippen molar-refractivity contribution in [2.45, 2.75) is 58.2 Å². The molecule has 19 heavy (non-hydrogen) atoms. The third kappa shape index (κ3) is 2.67. The summed E-state index contributed by atoms with van der Waals surface area (Å²) in [5.41, 5.74) is 0. The van der Waals surface area contributed by atoms with E-state index in [1.807, 2.05) is 4.68 Å². The Morgan fingerprint density at radius 2 is 2.16 bits per heavy atom. The first-order chi connectivity index (χ1) is 9.13. The number of likely N-dealkylation sites (tertiary alicyclic amines) is 1. The van der Waals surface area contributed by atoms with Crippen molar-refractivity contribution in [3.63, 3.8) is 0 Å². The third-order valence-electron chi connectivity index (χ3n) is 4.41. The van der Waals surface area contributed by atoms with E-state index in [0.717, 1.165) is 44.0 Å².